The Morgan fingerprint density at radius 2 is 2.29 bits per heavy atom. The molecule has 2 atom stereocenters. The molecule has 21 heavy (non-hydrogen) atoms. The molecule has 1 saturated carbocycles. The number of urea groups is 1. The number of nitrogens with one attached hydrogen (secondary N) is 1. The number of rotatable bonds is 4. The smallest absolute Gasteiger partial charge is 0.317 e. The predicted octanol–water partition coefficient (Wildman–Crippen LogP) is 1.05. The molecule has 0 bridgehead atoms. The van der Waals surface area contributed by atoms with Crippen LogP contribution in [0.5, 0.6) is 0 Å². The van der Waals surface area contributed by atoms with Crippen molar-refractivity contribution in [2.24, 2.45) is 18.2 Å². The van der Waals surface area contributed by atoms with E-state index >= 15 is 0 Å². The molecule has 2 heterocycles. The van der Waals surface area contributed by atoms with Gasteiger partial charge in [-0.15, -0.1) is 0 Å². The largest absolute Gasteiger partial charge is 0.340 e. The molecule has 6 heteroatoms. The summed E-state index contributed by atoms with van der Waals surface area (Å²) in [6.45, 7) is 4.29. The number of likely N-dealkylation sites (tertiary alicyclic amines) is 1. The third-order valence-electron chi connectivity index (χ3n) is 4.87. The second kappa shape index (κ2) is 5.33. The van der Waals surface area contributed by atoms with Crippen molar-refractivity contribution in [2.45, 2.75) is 38.1 Å². The summed E-state index contributed by atoms with van der Waals surface area (Å²) >= 11 is 0. The Kier molecular flexibility index (Phi) is 3.65. The first-order valence-electron chi connectivity index (χ1n) is 7.73. The minimum absolute atomic E-state index is 0.00753. The molecule has 0 unspecified atom stereocenters. The molecule has 1 aliphatic carbocycles. The molecule has 3 rings (SSSR count). The first kappa shape index (κ1) is 14.4. The second-order valence-corrected chi connectivity index (χ2v) is 6.93. The molecule has 2 amide bonds. The summed E-state index contributed by atoms with van der Waals surface area (Å²) in [5.41, 5.74) is 7.64. The number of carbonyl (C=O) groups is 1. The quantitative estimate of drug-likeness (QED) is 0.870. The van der Waals surface area contributed by atoms with E-state index in [-0.39, 0.29) is 18.0 Å². The van der Waals surface area contributed by atoms with Crippen LogP contribution in [0.15, 0.2) is 12.5 Å². The van der Waals surface area contributed by atoms with Gasteiger partial charge >= 0.3 is 6.03 Å². The highest BCUT2D eigenvalue weighted by molar-refractivity contribution is 5.74. The molecule has 2 aliphatic rings. The second-order valence-electron chi connectivity index (χ2n) is 6.93. The molecule has 2 fully saturated rings. The normalized spacial score (nSPS) is 26.9. The summed E-state index contributed by atoms with van der Waals surface area (Å²) in [5.74, 6) is 0.137. The summed E-state index contributed by atoms with van der Waals surface area (Å²) in [6, 6.07) is -0.0280. The fraction of sp³-hybridized carbons (Fsp3) is 0.733. The number of carbonyl (C=O) groups excluding carboxylic acids is 1. The number of hydrogen-bond donors (Lipinski definition) is 2. The molecular weight excluding hydrogens is 266 g/mol. The zero-order valence-corrected chi connectivity index (χ0v) is 12.9. The molecule has 1 aromatic rings. The fourth-order valence-corrected chi connectivity index (χ4v) is 2.98. The molecule has 1 aliphatic heterocycles. The highest BCUT2D eigenvalue weighted by Gasteiger charge is 2.37. The van der Waals surface area contributed by atoms with E-state index in [1.54, 1.807) is 6.33 Å². The van der Waals surface area contributed by atoms with E-state index in [0.717, 1.165) is 18.7 Å². The van der Waals surface area contributed by atoms with Crippen LogP contribution < -0.4 is 11.1 Å². The summed E-state index contributed by atoms with van der Waals surface area (Å²) in [7, 11) is 1.94. The average Bonchev–Trinajstić information content (AvgIpc) is 2.85. The van der Waals surface area contributed by atoms with Crippen molar-refractivity contribution in [3.63, 3.8) is 0 Å². The van der Waals surface area contributed by atoms with Crippen molar-refractivity contribution in [3.05, 3.63) is 18.2 Å². The maximum absolute atomic E-state index is 12.2. The van der Waals surface area contributed by atoms with Crippen LogP contribution in [-0.2, 0) is 7.05 Å². The maximum atomic E-state index is 12.2. The van der Waals surface area contributed by atoms with Gasteiger partial charge in [0.2, 0.25) is 0 Å². The SMILES string of the molecule is Cn1cnc([C@@H]2CN(C(=O)NCCC3(C)CC3)C[C@H]2N)c1. The highest BCUT2D eigenvalue weighted by Crippen LogP contribution is 2.47. The maximum Gasteiger partial charge on any atom is 0.317 e. The lowest BCUT2D eigenvalue weighted by atomic mass is 10.0. The molecule has 0 spiro atoms. The Morgan fingerprint density at radius 1 is 1.52 bits per heavy atom. The van der Waals surface area contributed by atoms with E-state index in [0.29, 0.717) is 18.5 Å². The minimum atomic E-state index is -0.0356. The Labute approximate surface area is 125 Å². The van der Waals surface area contributed by atoms with Gasteiger partial charge in [-0.25, -0.2) is 9.78 Å². The van der Waals surface area contributed by atoms with Gasteiger partial charge in [-0.3, -0.25) is 0 Å². The first-order valence-corrected chi connectivity index (χ1v) is 7.73. The molecule has 116 valence electrons. The third kappa shape index (κ3) is 3.20. The van der Waals surface area contributed by atoms with E-state index in [1.165, 1.54) is 12.8 Å². The van der Waals surface area contributed by atoms with Gasteiger partial charge in [0, 0.05) is 44.8 Å². The molecular formula is C15H25N5O. The summed E-state index contributed by atoms with van der Waals surface area (Å²) in [4.78, 5) is 18.4. The van der Waals surface area contributed by atoms with Crippen LogP contribution in [-0.4, -0.2) is 46.2 Å². The Bertz CT molecular complexity index is 522. The predicted molar refractivity (Wildman–Crippen MR) is 80.9 cm³/mol. The van der Waals surface area contributed by atoms with Crippen molar-refractivity contribution in [1.82, 2.24) is 19.8 Å². The number of nitrogens with two attached hydrogens (primary N) is 1. The highest BCUT2D eigenvalue weighted by atomic mass is 16.2. The van der Waals surface area contributed by atoms with Crippen LogP contribution in [0.4, 0.5) is 4.79 Å². The number of amides is 2. The zero-order valence-electron chi connectivity index (χ0n) is 12.9. The van der Waals surface area contributed by atoms with Crippen LogP contribution in [0.25, 0.3) is 0 Å². The van der Waals surface area contributed by atoms with Crippen LogP contribution >= 0.6 is 0 Å². The van der Waals surface area contributed by atoms with Gasteiger partial charge in [0.25, 0.3) is 0 Å². The van der Waals surface area contributed by atoms with Crippen molar-refractivity contribution >= 4 is 6.03 Å². The van der Waals surface area contributed by atoms with Gasteiger partial charge in [-0.05, 0) is 24.7 Å². The lowest BCUT2D eigenvalue weighted by molar-refractivity contribution is 0.207. The number of aromatic nitrogens is 2. The van der Waals surface area contributed by atoms with Gasteiger partial charge in [-0.2, -0.15) is 0 Å². The average molecular weight is 291 g/mol. The van der Waals surface area contributed by atoms with Crippen molar-refractivity contribution in [2.75, 3.05) is 19.6 Å². The Balaban J connectivity index is 1.51. The number of nitrogens with zero attached hydrogens (tertiary/aromatic N) is 3. The fourth-order valence-electron chi connectivity index (χ4n) is 2.98. The van der Waals surface area contributed by atoms with Crippen LogP contribution in [0.3, 0.4) is 0 Å². The number of imidazole rings is 1. The van der Waals surface area contributed by atoms with Gasteiger partial charge in [0.05, 0.1) is 12.0 Å². The molecule has 1 aromatic heterocycles. The zero-order chi connectivity index (χ0) is 15.0. The molecule has 0 aromatic carbocycles. The standard InChI is InChI=1S/C15H25N5O/c1-15(3-4-15)5-6-17-14(21)20-7-11(12(16)8-20)13-9-19(2)10-18-13/h9-12H,3-8,16H2,1-2H3,(H,17,21)/t11-,12-/m1/s1. The Hall–Kier alpha value is -1.56. The molecule has 0 radical (unpaired) electrons. The van der Waals surface area contributed by atoms with E-state index in [9.17, 15) is 4.79 Å². The van der Waals surface area contributed by atoms with Crippen LogP contribution in [0.2, 0.25) is 0 Å². The van der Waals surface area contributed by atoms with Gasteiger partial charge in [0.15, 0.2) is 0 Å². The van der Waals surface area contributed by atoms with Gasteiger partial charge in [-0.1, -0.05) is 6.92 Å². The first-order chi connectivity index (χ1) is 9.97. The Morgan fingerprint density at radius 3 is 2.90 bits per heavy atom. The van der Waals surface area contributed by atoms with Crippen LogP contribution in [0.1, 0.15) is 37.8 Å². The van der Waals surface area contributed by atoms with E-state index in [4.69, 9.17) is 5.73 Å². The minimum Gasteiger partial charge on any atom is -0.340 e. The molecule has 1 saturated heterocycles. The van der Waals surface area contributed by atoms with Crippen molar-refractivity contribution in [1.29, 1.82) is 0 Å². The van der Waals surface area contributed by atoms with Crippen molar-refractivity contribution < 1.29 is 4.79 Å². The van der Waals surface area contributed by atoms with Crippen molar-refractivity contribution in [3.8, 4) is 0 Å². The molecule has 6 nitrogen and oxygen atoms in total. The summed E-state index contributed by atoms with van der Waals surface area (Å²) < 4.78 is 1.92. The summed E-state index contributed by atoms with van der Waals surface area (Å²) in [5, 5.41) is 3.02. The van der Waals surface area contributed by atoms with E-state index in [2.05, 4.69) is 17.2 Å². The number of aryl methyl sites for hydroxylation is 1. The monoisotopic (exact) mass is 291 g/mol. The lowest BCUT2D eigenvalue weighted by Gasteiger charge is -2.17. The third-order valence-corrected chi connectivity index (χ3v) is 4.87. The lowest BCUT2D eigenvalue weighted by Crippen LogP contribution is -2.40. The van der Waals surface area contributed by atoms with E-state index < -0.39 is 0 Å². The molecule has 3 N–H and O–H groups in total. The van der Waals surface area contributed by atoms with Gasteiger partial charge < -0.3 is 20.5 Å². The topological polar surface area (TPSA) is 76.2 Å². The van der Waals surface area contributed by atoms with E-state index in [1.807, 2.05) is 22.7 Å². The summed E-state index contributed by atoms with van der Waals surface area (Å²) in [6.07, 6.45) is 7.42. The van der Waals surface area contributed by atoms with Gasteiger partial charge in [0.1, 0.15) is 0 Å². The number of hydrogen-bond acceptors (Lipinski definition) is 3. The van der Waals surface area contributed by atoms with Crippen LogP contribution in [0, 0.1) is 5.41 Å².